The molecule has 1 rings (SSSR count). The smallest absolute Gasteiger partial charge is 0.338 e. The second-order valence-electron chi connectivity index (χ2n) is 4.37. The maximum atomic E-state index is 11.6. The fraction of sp³-hybridized carbons (Fsp3) is 0.429. The highest BCUT2D eigenvalue weighted by Crippen LogP contribution is 2.30. The summed E-state index contributed by atoms with van der Waals surface area (Å²) in [6, 6.07) is 7.72. The summed E-state index contributed by atoms with van der Waals surface area (Å²) in [5.41, 5.74) is 0.910. The number of hydrogen-bond donors (Lipinski definition) is 0. The lowest BCUT2D eigenvalue weighted by Gasteiger charge is -2.18. The van der Waals surface area contributed by atoms with E-state index in [9.17, 15) is 4.79 Å². The van der Waals surface area contributed by atoms with Crippen LogP contribution in [0.5, 0.6) is 0 Å². The molecule has 1 aromatic carbocycles. The normalized spacial score (nSPS) is 10.8. The minimum atomic E-state index is -0.558. The van der Waals surface area contributed by atoms with E-state index in [0.29, 0.717) is 5.56 Å². The molecule has 0 unspecified atom stereocenters. The summed E-state index contributed by atoms with van der Waals surface area (Å²) in [6.07, 6.45) is 0. The Labute approximate surface area is 112 Å². The van der Waals surface area contributed by atoms with Gasteiger partial charge in [0.1, 0.15) is 0 Å². The van der Waals surface area contributed by atoms with Gasteiger partial charge in [-0.1, -0.05) is 13.0 Å². The van der Waals surface area contributed by atoms with Crippen molar-refractivity contribution < 1.29 is 9.53 Å². The zero-order chi connectivity index (χ0) is 13.8. The first-order chi connectivity index (χ1) is 8.46. The minimum absolute atomic E-state index is 0.340. The fourth-order valence-electron chi connectivity index (χ4n) is 1.53. The molecule has 0 amide bonds. The molecule has 0 atom stereocenters. The molecule has 0 saturated heterocycles. The number of hydrogen-bond acceptors (Lipinski definition) is 4. The Bertz CT molecular complexity index is 489. The van der Waals surface area contributed by atoms with Crippen LogP contribution in [0.3, 0.4) is 0 Å². The largest absolute Gasteiger partial charge is 0.465 e. The number of carbonyl (C=O) groups is 1. The van der Waals surface area contributed by atoms with Crippen LogP contribution in [0.4, 0.5) is 0 Å². The number of ether oxygens (including phenoxy) is 1. The number of nitriles is 1. The van der Waals surface area contributed by atoms with E-state index in [1.165, 1.54) is 7.11 Å². The van der Waals surface area contributed by atoms with Gasteiger partial charge in [-0.2, -0.15) is 5.26 Å². The molecule has 96 valence electrons. The van der Waals surface area contributed by atoms with Gasteiger partial charge in [0.05, 0.1) is 24.2 Å². The highest BCUT2D eigenvalue weighted by molar-refractivity contribution is 7.99. The van der Waals surface area contributed by atoms with E-state index in [0.717, 1.165) is 16.2 Å². The average molecular weight is 263 g/mol. The van der Waals surface area contributed by atoms with Gasteiger partial charge in [-0.25, -0.2) is 4.79 Å². The molecule has 0 spiro atoms. The number of esters is 1. The maximum absolute atomic E-state index is 11.6. The summed E-state index contributed by atoms with van der Waals surface area (Å²) in [7, 11) is 1.37. The quantitative estimate of drug-likeness (QED) is 0.617. The van der Waals surface area contributed by atoms with Gasteiger partial charge in [-0.05, 0) is 37.3 Å². The van der Waals surface area contributed by atoms with Crippen molar-refractivity contribution in [2.45, 2.75) is 31.1 Å². The van der Waals surface area contributed by atoms with Crippen molar-refractivity contribution in [2.75, 3.05) is 12.9 Å². The van der Waals surface area contributed by atoms with Crippen molar-refractivity contribution in [2.24, 2.45) is 0 Å². The molecule has 4 heteroatoms. The van der Waals surface area contributed by atoms with Crippen LogP contribution in [-0.2, 0) is 10.2 Å². The van der Waals surface area contributed by atoms with Crippen LogP contribution in [0.2, 0.25) is 0 Å². The first-order valence-corrected chi connectivity index (χ1v) is 6.71. The maximum Gasteiger partial charge on any atom is 0.338 e. The third-order valence-electron chi connectivity index (χ3n) is 2.69. The van der Waals surface area contributed by atoms with Gasteiger partial charge >= 0.3 is 5.97 Å². The van der Waals surface area contributed by atoms with Gasteiger partial charge < -0.3 is 4.74 Å². The third kappa shape index (κ3) is 3.05. The fourth-order valence-corrected chi connectivity index (χ4v) is 2.36. The monoisotopic (exact) mass is 263 g/mol. The van der Waals surface area contributed by atoms with E-state index in [4.69, 9.17) is 10.00 Å². The van der Waals surface area contributed by atoms with E-state index in [1.807, 2.05) is 32.9 Å². The van der Waals surface area contributed by atoms with Gasteiger partial charge in [0, 0.05) is 4.90 Å². The molecule has 0 radical (unpaired) electrons. The SMILES string of the molecule is CCSc1cc(C(C)(C)C#N)ccc1C(=O)OC. The molecule has 0 aliphatic heterocycles. The van der Waals surface area contributed by atoms with Crippen LogP contribution >= 0.6 is 11.8 Å². The molecule has 0 aromatic heterocycles. The lowest BCUT2D eigenvalue weighted by molar-refractivity contribution is 0.0596. The predicted molar refractivity (Wildman–Crippen MR) is 72.8 cm³/mol. The van der Waals surface area contributed by atoms with Crippen molar-refractivity contribution in [3.05, 3.63) is 29.3 Å². The predicted octanol–water partition coefficient (Wildman–Crippen LogP) is 3.39. The van der Waals surface area contributed by atoms with Gasteiger partial charge in [0.15, 0.2) is 0 Å². The zero-order valence-electron chi connectivity index (χ0n) is 11.1. The Kier molecular flexibility index (Phi) is 4.80. The van der Waals surface area contributed by atoms with Crippen molar-refractivity contribution in [3.63, 3.8) is 0 Å². The van der Waals surface area contributed by atoms with E-state index in [-0.39, 0.29) is 5.97 Å². The van der Waals surface area contributed by atoms with E-state index in [1.54, 1.807) is 17.8 Å². The van der Waals surface area contributed by atoms with Crippen LogP contribution in [0, 0.1) is 11.3 Å². The lowest BCUT2D eigenvalue weighted by atomic mass is 9.86. The second kappa shape index (κ2) is 5.92. The number of nitrogens with zero attached hydrogens (tertiary/aromatic N) is 1. The molecule has 0 aliphatic carbocycles. The van der Waals surface area contributed by atoms with Gasteiger partial charge in [-0.3, -0.25) is 0 Å². The van der Waals surface area contributed by atoms with Crippen LogP contribution in [0.25, 0.3) is 0 Å². The highest BCUT2D eigenvalue weighted by Gasteiger charge is 2.22. The van der Waals surface area contributed by atoms with Crippen molar-refractivity contribution in [1.82, 2.24) is 0 Å². The van der Waals surface area contributed by atoms with E-state index < -0.39 is 5.41 Å². The molecule has 0 bridgehead atoms. The number of thioether (sulfide) groups is 1. The number of carbonyl (C=O) groups excluding carboxylic acids is 1. The number of methoxy groups -OCH3 is 1. The first kappa shape index (κ1) is 14.6. The van der Waals surface area contributed by atoms with Crippen molar-refractivity contribution in [1.29, 1.82) is 5.26 Å². The summed E-state index contributed by atoms with van der Waals surface area (Å²) in [5, 5.41) is 9.14. The Morgan fingerprint density at radius 3 is 2.67 bits per heavy atom. The standard InChI is InChI=1S/C14H17NO2S/c1-5-18-12-8-10(14(2,3)9-15)6-7-11(12)13(16)17-4/h6-8H,5H2,1-4H3. The topological polar surface area (TPSA) is 50.1 Å². The van der Waals surface area contributed by atoms with Crippen LogP contribution in [0.1, 0.15) is 36.7 Å². The molecule has 0 fully saturated rings. The Morgan fingerprint density at radius 1 is 1.50 bits per heavy atom. The van der Waals surface area contributed by atoms with Crippen LogP contribution < -0.4 is 0 Å². The summed E-state index contributed by atoms with van der Waals surface area (Å²) in [6.45, 7) is 5.74. The summed E-state index contributed by atoms with van der Waals surface area (Å²) < 4.78 is 4.76. The lowest BCUT2D eigenvalue weighted by Crippen LogP contribution is -2.15. The Morgan fingerprint density at radius 2 is 2.17 bits per heavy atom. The molecule has 3 nitrogen and oxygen atoms in total. The van der Waals surface area contributed by atoms with Gasteiger partial charge in [0.25, 0.3) is 0 Å². The molecule has 1 aromatic rings. The molecule has 18 heavy (non-hydrogen) atoms. The second-order valence-corrected chi connectivity index (χ2v) is 5.68. The van der Waals surface area contributed by atoms with Gasteiger partial charge in [-0.15, -0.1) is 11.8 Å². The minimum Gasteiger partial charge on any atom is -0.465 e. The molecule has 0 aliphatic rings. The highest BCUT2D eigenvalue weighted by atomic mass is 32.2. The Hall–Kier alpha value is -1.47. The summed E-state index contributed by atoms with van der Waals surface area (Å²) in [4.78, 5) is 12.5. The third-order valence-corrected chi connectivity index (χ3v) is 3.63. The van der Waals surface area contributed by atoms with Crippen LogP contribution in [-0.4, -0.2) is 18.8 Å². The molecule has 0 heterocycles. The average Bonchev–Trinajstić information content (AvgIpc) is 2.38. The summed E-state index contributed by atoms with van der Waals surface area (Å²) >= 11 is 1.58. The van der Waals surface area contributed by atoms with Crippen molar-refractivity contribution >= 4 is 17.7 Å². The molecule has 0 N–H and O–H groups in total. The molecular formula is C14H17NO2S. The zero-order valence-corrected chi connectivity index (χ0v) is 11.9. The summed E-state index contributed by atoms with van der Waals surface area (Å²) in [5.74, 6) is 0.521. The van der Waals surface area contributed by atoms with E-state index in [2.05, 4.69) is 6.07 Å². The molecule has 0 saturated carbocycles. The van der Waals surface area contributed by atoms with E-state index >= 15 is 0 Å². The van der Waals surface area contributed by atoms with Crippen LogP contribution in [0.15, 0.2) is 23.1 Å². The van der Waals surface area contributed by atoms with Gasteiger partial charge in [0.2, 0.25) is 0 Å². The molecular weight excluding hydrogens is 246 g/mol. The number of benzene rings is 1. The Balaban J connectivity index is 3.28. The number of rotatable bonds is 4. The first-order valence-electron chi connectivity index (χ1n) is 5.73. The van der Waals surface area contributed by atoms with Crippen molar-refractivity contribution in [3.8, 4) is 6.07 Å².